The molecule has 0 heterocycles. The molecule has 0 bridgehead atoms. The number of ether oxygens (including phenoxy) is 1. The van der Waals surface area contributed by atoms with Crippen molar-refractivity contribution < 1.29 is 29.3 Å². The highest BCUT2D eigenvalue weighted by Crippen LogP contribution is 2.28. The van der Waals surface area contributed by atoms with Crippen LogP contribution in [0, 0.1) is 13.8 Å². The molecule has 2 rings (SSSR count). The number of unbranched alkanes of at least 4 members (excludes halogenated alkanes) is 1. The zero-order valence-corrected chi connectivity index (χ0v) is 23.9. The number of nitrogens with zero attached hydrogens (tertiary/aromatic N) is 1. The number of rotatable bonds is 12. The number of nitrogens with one attached hydrogen (secondary N) is 2. The van der Waals surface area contributed by atoms with Crippen LogP contribution in [-0.4, -0.2) is 64.4 Å². The van der Waals surface area contributed by atoms with E-state index in [4.69, 9.17) is 4.74 Å². The van der Waals surface area contributed by atoms with E-state index in [1.165, 1.54) is 17.0 Å². The topological polar surface area (TPSA) is 128 Å². The van der Waals surface area contributed by atoms with Gasteiger partial charge in [0.15, 0.2) is 0 Å². The maximum absolute atomic E-state index is 14.2. The van der Waals surface area contributed by atoms with E-state index >= 15 is 0 Å². The van der Waals surface area contributed by atoms with Gasteiger partial charge in [-0.25, -0.2) is 4.79 Å². The molecule has 0 saturated carbocycles. The molecule has 0 saturated heterocycles. The Balaban J connectivity index is 2.54. The third-order valence-corrected chi connectivity index (χ3v) is 6.32. The van der Waals surface area contributed by atoms with Gasteiger partial charge in [-0.05, 0) is 75.4 Å². The molecule has 214 valence electrons. The molecule has 2 aromatic rings. The Hall–Kier alpha value is -3.59. The predicted molar refractivity (Wildman–Crippen MR) is 150 cm³/mol. The van der Waals surface area contributed by atoms with Crippen molar-refractivity contribution in [3.8, 4) is 5.75 Å². The van der Waals surface area contributed by atoms with Crippen molar-refractivity contribution in [3.63, 3.8) is 0 Å². The Morgan fingerprint density at radius 3 is 2.31 bits per heavy atom. The van der Waals surface area contributed by atoms with E-state index in [1.807, 2.05) is 32.9 Å². The number of aromatic hydroxyl groups is 1. The first-order chi connectivity index (χ1) is 18.4. The van der Waals surface area contributed by atoms with E-state index in [-0.39, 0.29) is 31.2 Å². The summed E-state index contributed by atoms with van der Waals surface area (Å²) in [6.45, 7) is 11.0. The summed E-state index contributed by atoms with van der Waals surface area (Å²) in [5, 5.41) is 25.3. The van der Waals surface area contributed by atoms with Crippen molar-refractivity contribution in [2.75, 3.05) is 19.7 Å². The van der Waals surface area contributed by atoms with Gasteiger partial charge in [0.05, 0.1) is 6.61 Å². The number of benzene rings is 2. The second-order valence-corrected chi connectivity index (χ2v) is 10.7. The molecule has 2 unspecified atom stereocenters. The maximum atomic E-state index is 14.2. The van der Waals surface area contributed by atoms with Crippen LogP contribution in [-0.2, 0) is 20.7 Å². The predicted octanol–water partition coefficient (Wildman–Crippen LogP) is 3.92. The minimum atomic E-state index is -1.10. The summed E-state index contributed by atoms with van der Waals surface area (Å²) in [5.74, 6) is -0.832. The number of phenolic OH excluding ortho intramolecular Hbond substituents is 1. The normalized spacial score (nSPS) is 12.8. The van der Waals surface area contributed by atoms with Crippen LogP contribution in [0.25, 0.3) is 0 Å². The third-order valence-electron chi connectivity index (χ3n) is 6.32. The van der Waals surface area contributed by atoms with Crippen LogP contribution < -0.4 is 10.6 Å². The van der Waals surface area contributed by atoms with Gasteiger partial charge < -0.3 is 30.5 Å². The molecule has 0 aliphatic rings. The lowest BCUT2D eigenvalue weighted by Gasteiger charge is -2.35. The van der Waals surface area contributed by atoms with Gasteiger partial charge in [-0.2, -0.15) is 0 Å². The number of phenols is 1. The molecule has 0 fully saturated rings. The van der Waals surface area contributed by atoms with Gasteiger partial charge in [0.25, 0.3) is 0 Å². The monoisotopic (exact) mass is 541 g/mol. The fourth-order valence-corrected chi connectivity index (χ4v) is 4.20. The lowest BCUT2D eigenvalue weighted by molar-refractivity contribution is -0.143. The Morgan fingerprint density at radius 1 is 1.05 bits per heavy atom. The van der Waals surface area contributed by atoms with E-state index in [0.717, 1.165) is 24.0 Å². The summed E-state index contributed by atoms with van der Waals surface area (Å²) in [7, 11) is 0. The van der Waals surface area contributed by atoms with E-state index in [0.29, 0.717) is 17.7 Å². The molecular formula is C30H43N3O6. The van der Waals surface area contributed by atoms with Crippen molar-refractivity contribution in [1.82, 2.24) is 15.5 Å². The Morgan fingerprint density at radius 2 is 1.72 bits per heavy atom. The van der Waals surface area contributed by atoms with Crippen LogP contribution >= 0.6 is 0 Å². The number of amides is 3. The van der Waals surface area contributed by atoms with Gasteiger partial charge in [0, 0.05) is 19.5 Å². The minimum absolute atomic E-state index is 0.0716. The zero-order valence-electron chi connectivity index (χ0n) is 23.9. The molecule has 9 nitrogen and oxygen atoms in total. The van der Waals surface area contributed by atoms with E-state index in [9.17, 15) is 24.6 Å². The van der Waals surface area contributed by atoms with Gasteiger partial charge >= 0.3 is 6.09 Å². The number of carbonyl (C=O) groups is 3. The van der Waals surface area contributed by atoms with Crippen molar-refractivity contribution in [3.05, 3.63) is 64.7 Å². The summed E-state index contributed by atoms with van der Waals surface area (Å²) >= 11 is 0. The highest BCUT2D eigenvalue weighted by atomic mass is 16.6. The standard InChI is InChI=1S/C30H43N3O6/c1-7-8-16-31-27(36)26(24-11-9-10-20(2)21(24)3)33(17-18-34)28(37)25(32-29(38)39-30(4,5)6)19-22-12-14-23(35)15-13-22/h9-15,25-26,34-35H,7-8,16-19H2,1-6H3,(H,31,36)(H,32,38). The van der Waals surface area contributed by atoms with Crippen LogP contribution in [0.2, 0.25) is 0 Å². The van der Waals surface area contributed by atoms with Crippen LogP contribution in [0.4, 0.5) is 4.79 Å². The Kier molecular flexibility index (Phi) is 11.8. The van der Waals surface area contributed by atoms with Crippen molar-refractivity contribution in [1.29, 1.82) is 0 Å². The lowest BCUT2D eigenvalue weighted by atomic mass is 9.94. The van der Waals surface area contributed by atoms with Gasteiger partial charge in [0.2, 0.25) is 11.8 Å². The number of hydrogen-bond donors (Lipinski definition) is 4. The highest BCUT2D eigenvalue weighted by Gasteiger charge is 2.37. The van der Waals surface area contributed by atoms with Crippen molar-refractivity contribution in [2.45, 2.75) is 78.5 Å². The summed E-state index contributed by atoms with van der Waals surface area (Å²) < 4.78 is 5.42. The average molecular weight is 542 g/mol. The minimum Gasteiger partial charge on any atom is -0.508 e. The van der Waals surface area contributed by atoms with Crippen LogP contribution in [0.15, 0.2) is 42.5 Å². The van der Waals surface area contributed by atoms with Gasteiger partial charge in [-0.1, -0.05) is 43.7 Å². The summed E-state index contributed by atoms with van der Waals surface area (Å²) in [6.07, 6.45) is 0.974. The first-order valence-corrected chi connectivity index (χ1v) is 13.4. The number of alkyl carbamates (subject to hydrolysis) is 1. The summed E-state index contributed by atoms with van der Waals surface area (Å²) in [6, 6.07) is 9.74. The zero-order chi connectivity index (χ0) is 29.2. The number of aliphatic hydroxyl groups excluding tert-OH is 1. The van der Waals surface area contributed by atoms with E-state index in [2.05, 4.69) is 10.6 Å². The smallest absolute Gasteiger partial charge is 0.408 e. The number of carbonyl (C=O) groups excluding carboxylic acids is 3. The molecule has 2 aromatic carbocycles. The number of aliphatic hydroxyl groups is 1. The van der Waals surface area contributed by atoms with Crippen LogP contribution in [0.5, 0.6) is 5.75 Å². The molecule has 0 aromatic heterocycles. The second-order valence-electron chi connectivity index (χ2n) is 10.7. The van der Waals surface area contributed by atoms with Crippen molar-refractivity contribution in [2.24, 2.45) is 0 Å². The third kappa shape index (κ3) is 9.58. The quantitative estimate of drug-likeness (QED) is 0.302. The Bertz CT molecular complexity index is 1110. The van der Waals surface area contributed by atoms with Gasteiger partial charge in [0.1, 0.15) is 23.4 Å². The average Bonchev–Trinajstić information content (AvgIpc) is 2.85. The largest absolute Gasteiger partial charge is 0.508 e. The molecule has 4 N–H and O–H groups in total. The molecule has 0 aliphatic carbocycles. The molecule has 0 radical (unpaired) electrons. The lowest BCUT2D eigenvalue weighted by Crippen LogP contribution is -2.54. The van der Waals surface area contributed by atoms with Crippen molar-refractivity contribution >= 4 is 17.9 Å². The first-order valence-electron chi connectivity index (χ1n) is 13.4. The first kappa shape index (κ1) is 31.6. The van der Waals surface area contributed by atoms with E-state index < -0.39 is 29.7 Å². The Labute approximate surface area is 231 Å². The molecule has 9 heteroatoms. The number of aryl methyl sites for hydroxylation is 1. The van der Waals surface area contributed by atoms with Crippen LogP contribution in [0.3, 0.4) is 0 Å². The fraction of sp³-hybridized carbons (Fsp3) is 0.500. The maximum Gasteiger partial charge on any atom is 0.408 e. The molecule has 2 atom stereocenters. The fourth-order valence-electron chi connectivity index (χ4n) is 4.20. The molecule has 3 amide bonds. The molecule has 0 aliphatic heterocycles. The van der Waals surface area contributed by atoms with E-state index in [1.54, 1.807) is 39.0 Å². The molecule has 39 heavy (non-hydrogen) atoms. The number of hydrogen-bond acceptors (Lipinski definition) is 6. The molecule has 0 spiro atoms. The molecular weight excluding hydrogens is 498 g/mol. The summed E-state index contributed by atoms with van der Waals surface area (Å²) in [4.78, 5) is 41.9. The van der Waals surface area contributed by atoms with Gasteiger partial charge in [-0.15, -0.1) is 0 Å². The summed E-state index contributed by atoms with van der Waals surface area (Å²) in [5.41, 5.74) is 2.36. The van der Waals surface area contributed by atoms with Gasteiger partial charge in [-0.3, -0.25) is 9.59 Å². The second kappa shape index (κ2) is 14.5. The van der Waals surface area contributed by atoms with Crippen LogP contribution in [0.1, 0.15) is 68.8 Å². The SMILES string of the molecule is CCCCNC(=O)C(c1cccc(C)c1C)N(CCO)C(=O)C(Cc1ccc(O)cc1)NC(=O)OC(C)(C)C. The highest BCUT2D eigenvalue weighted by molar-refractivity contribution is 5.92.